The van der Waals surface area contributed by atoms with Crippen molar-refractivity contribution in [1.29, 1.82) is 0 Å². The summed E-state index contributed by atoms with van der Waals surface area (Å²) >= 11 is 1.24. The normalized spacial score (nSPS) is 11.8. The minimum Gasteiger partial charge on any atom is -0.469 e. The Morgan fingerprint density at radius 3 is 2.85 bits per heavy atom. The number of carbonyl (C=O) groups excluding carboxylic acids is 2. The number of hydrogen-bond acceptors (Lipinski definition) is 5. The van der Waals surface area contributed by atoms with Crippen LogP contribution in [-0.2, 0) is 11.2 Å². The van der Waals surface area contributed by atoms with Crippen molar-refractivity contribution in [2.45, 2.75) is 26.3 Å². The summed E-state index contributed by atoms with van der Waals surface area (Å²) in [7, 11) is 0. The minimum atomic E-state index is -0.346. The fraction of sp³-hybridized carbons (Fsp3) is 0.211. The number of thiazole rings is 1. The van der Waals surface area contributed by atoms with Gasteiger partial charge in [-0.2, -0.15) is 0 Å². The van der Waals surface area contributed by atoms with Gasteiger partial charge in [-0.05, 0) is 37.6 Å². The molecular weight excluding hydrogens is 369 g/mol. The standard InChI is InChI=1S/C19H18FN3O3S/c1-11(13-4-3-5-14(20)8-13)21-17(24)9-15-10-27-19(22-15)23-18(25)16-6-7-26-12(16)2/h3-8,10-11H,9H2,1-2H3,(H,21,24)(H,22,23,25)/t11-/m0/s1. The van der Waals surface area contributed by atoms with Crippen LogP contribution in [0, 0.1) is 12.7 Å². The average molecular weight is 387 g/mol. The maximum atomic E-state index is 13.3. The van der Waals surface area contributed by atoms with Gasteiger partial charge >= 0.3 is 0 Å². The van der Waals surface area contributed by atoms with E-state index in [9.17, 15) is 14.0 Å². The van der Waals surface area contributed by atoms with Crippen molar-refractivity contribution < 1.29 is 18.4 Å². The number of benzene rings is 1. The Morgan fingerprint density at radius 1 is 1.33 bits per heavy atom. The summed E-state index contributed by atoms with van der Waals surface area (Å²) < 4.78 is 18.4. The summed E-state index contributed by atoms with van der Waals surface area (Å²) in [5.74, 6) is -0.372. The average Bonchev–Trinajstić information content (AvgIpc) is 3.23. The molecule has 0 aliphatic heterocycles. The van der Waals surface area contributed by atoms with Gasteiger partial charge in [-0.15, -0.1) is 11.3 Å². The van der Waals surface area contributed by atoms with Crippen LogP contribution in [0.1, 0.15) is 40.3 Å². The van der Waals surface area contributed by atoms with Crippen LogP contribution >= 0.6 is 11.3 Å². The van der Waals surface area contributed by atoms with E-state index in [-0.39, 0.29) is 30.1 Å². The Morgan fingerprint density at radius 2 is 2.15 bits per heavy atom. The maximum absolute atomic E-state index is 13.3. The first kappa shape index (κ1) is 18.8. The summed E-state index contributed by atoms with van der Waals surface area (Å²) in [5, 5.41) is 7.61. The molecule has 0 spiro atoms. The van der Waals surface area contributed by atoms with E-state index in [4.69, 9.17) is 4.42 Å². The molecule has 3 aromatic rings. The Bertz CT molecular complexity index is 967. The number of amides is 2. The predicted molar refractivity (Wildman–Crippen MR) is 100 cm³/mol. The molecule has 8 heteroatoms. The third kappa shape index (κ3) is 4.79. The van der Waals surface area contributed by atoms with Crippen LogP contribution in [0.2, 0.25) is 0 Å². The van der Waals surface area contributed by atoms with Crippen molar-refractivity contribution >= 4 is 28.3 Å². The van der Waals surface area contributed by atoms with Gasteiger partial charge in [-0.3, -0.25) is 14.9 Å². The number of aromatic nitrogens is 1. The van der Waals surface area contributed by atoms with Crippen LogP contribution < -0.4 is 10.6 Å². The molecule has 2 N–H and O–H groups in total. The lowest BCUT2D eigenvalue weighted by atomic mass is 10.1. The van der Waals surface area contributed by atoms with E-state index in [2.05, 4.69) is 15.6 Å². The highest BCUT2D eigenvalue weighted by molar-refractivity contribution is 7.14. The second-order valence-electron chi connectivity index (χ2n) is 6.01. The number of rotatable bonds is 6. The van der Waals surface area contributed by atoms with Crippen molar-refractivity contribution in [3.05, 3.63) is 70.4 Å². The largest absolute Gasteiger partial charge is 0.469 e. The smallest absolute Gasteiger partial charge is 0.260 e. The summed E-state index contributed by atoms with van der Waals surface area (Å²) in [6, 6.07) is 7.36. The van der Waals surface area contributed by atoms with Crippen molar-refractivity contribution in [2.24, 2.45) is 0 Å². The highest BCUT2D eigenvalue weighted by atomic mass is 32.1. The van der Waals surface area contributed by atoms with Crippen molar-refractivity contribution in [3.63, 3.8) is 0 Å². The molecule has 2 aromatic heterocycles. The molecule has 0 bridgehead atoms. The van der Waals surface area contributed by atoms with E-state index in [1.807, 2.05) is 0 Å². The first-order valence-electron chi connectivity index (χ1n) is 8.27. The van der Waals surface area contributed by atoms with E-state index in [0.29, 0.717) is 27.7 Å². The number of carbonyl (C=O) groups is 2. The summed E-state index contributed by atoms with van der Waals surface area (Å²) in [4.78, 5) is 28.6. The Kier molecular flexibility index (Phi) is 5.66. The number of nitrogens with zero attached hydrogens (tertiary/aromatic N) is 1. The lowest BCUT2D eigenvalue weighted by Gasteiger charge is -2.14. The fourth-order valence-corrected chi connectivity index (χ4v) is 3.25. The third-order valence-corrected chi connectivity index (χ3v) is 4.75. The molecule has 2 amide bonds. The first-order valence-corrected chi connectivity index (χ1v) is 9.15. The molecule has 27 heavy (non-hydrogen) atoms. The lowest BCUT2D eigenvalue weighted by molar-refractivity contribution is -0.121. The molecule has 1 atom stereocenters. The van der Waals surface area contributed by atoms with E-state index < -0.39 is 0 Å². The van der Waals surface area contributed by atoms with E-state index in [0.717, 1.165) is 0 Å². The molecule has 0 aliphatic rings. The van der Waals surface area contributed by atoms with Crippen LogP contribution in [0.3, 0.4) is 0 Å². The maximum Gasteiger partial charge on any atom is 0.260 e. The zero-order valence-electron chi connectivity index (χ0n) is 14.8. The summed E-state index contributed by atoms with van der Waals surface area (Å²) in [5.41, 5.74) is 1.67. The zero-order valence-corrected chi connectivity index (χ0v) is 15.6. The molecule has 0 saturated heterocycles. The van der Waals surface area contributed by atoms with Gasteiger partial charge in [0, 0.05) is 5.38 Å². The lowest BCUT2D eigenvalue weighted by Crippen LogP contribution is -2.28. The zero-order chi connectivity index (χ0) is 19.4. The predicted octanol–water partition coefficient (Wildman–Crippen LogP) is 3.86. The van der Waals surface area contributed by atoms with Crippen molar-refractivity contribution in [1.82, 2.24) is 10.3 Å². The number of hydrogen-bond donors (Lipinski definition) is 2. The van der Waals surface area contributed by atoms with Crippen LogP contribution in [0.4, 0.5) is 9.52 Å². The summed E-state index contributed by atoms with van der Waals surface area (Å²) in [6.07, 6.45) is 1.51. The molecule has 140 valence electrons. The second kappa shape index (κ2) is 8.13. The molecule has 2 heterocycles. The van der Waals surface area contributed by atoms with Gasteiger partial charge in [0.05, 0.1) is 30.0 Å². The van der Waals surface area contributed by atoms with Gasteiger partial charge in [-0.1, -0.05) is 12.1 Å². The molecule has 1 aromatic carbocycles. The van der Waals surface area contributed by atoms with Gasteiger partial charge < -0.3 is 9.73 Å². The van der Waals surface area contributed by atoms with Gasteiger partial charge in [0.1, 0.15) is 11.6 Å². The van der Waals surface area contributed by atoms with Gasteiger partial charge in [0.25, 0.3) is 5.91 Å². The Balaban J connectivity index is 1.56. The van der Waals surface area contributed by atoms with Gasteiger partial charge in [0.15, 0.2) is 5.13 Å². The number of anilines is 1. The topological polar surface area (TPSA) is 84.2 Å². The van der Waals surface area contributed by atoms with Crippen LogP contribution in [0.15, 0.2) is 46.4 Å². The molecule has 6 nitrogen and oxygen atoms in total. The van der Waals surface area contributed by atoms with Gasteiger partial charge in [0.2, 0.25) is 5.91 Å². The van der Waals surface area contributed by atoms with Crippen molar-refractivity contribution in [2.75, 3.05) is 5.32 Å². The Labute approximate surface area is 159 Å². The van der Waals surface area contributed by atoms with Crippen LogP contribution in [0.25, 0.3) is 0 Å². The molecule has 0 saturated carbocycles. The van der Waals surface area contributed by atoms with E-state index >= 15 is 0 Å². The molecule has 3 rings (SSSR count). The minimum absolute atomic E-state index is 0.0662. The number of furan rings is 1. The van der Waals surface area contributed by atoms with Crippen LogP contribution in [0.5, 0.6) is 0 Å². The monoisotopic (exact) mass is 387 g/mol. The summed E-state index contributed by atoms with van der Waals surface area (Å²) in [6.45, 7) is 3.49. The molecule has 0 fully saturated rings. The number of nitrogens with one attached hydrogen (secondary N) is 2. The van der Waals surface area contributed by atoms with Crippen LogP contribution in [-0.4, -0.2) is 16.8 Å². The second-order valence-corrected chi connectivity index (χ2v) is 6.87. The highest BCUT2D eigenvalue weighted by Gasteiger charge is 2.15. The molecular formula is C19H18FN3O3S. The molecule has 0 unspecified atom stereocenters. The van der Waals surface area contributed by atoms with E-state index in [1.165, 1.54) is 29.7 Å². The quantitative estimate of drug-likeness (QED) is 0.673. The Hall–Kier alpha value is -3.00. The highest BCUT2D eigenvalue weighted by Crippen LogP contribution is 2.19. The van der Waals surface area contributed by atoms with Gasteiger partial charge in [-0.25, -0.2) is 9.37 Å². The first-order chi connectivity index (χ1) is 12.9. The molecule has 0 radical (unpaired) electrons. The molecule has 0 aliphatic carbocycles. The van der Waals surface area contributed by atoms with Crippen molar-refractivity contribution in [3.8, 4) is 0 Å². The SMILES string of the molecule is Cc1occc1C(=O)Nc1nc(CC(=O)N[C@@H](C)c2cccc(F)c2)cs1. The number of aryl methyl sites for hydroxylation is 1. The number of halogens is 1. The third-order valence-electron chi connectivity index (χ3n) is 3.94. The fourth-order valence-electron chi connectivity index (χ4n) is 2.55. The van der Waals surface area contributed by atoms with E-state index in [1.54, 1.807) is 37.4 Å².